The van der Waals surface area contributed by atoms with Gasteiger partial charge in [0, 0.05) is 11.1 Å². The zero-order valence-electron chi connectivity index (χ0n) is 10.1. The average molecular weight is 264 g/mol. The van der Waals surface area contributed by atoms with Crippen LogP contribution in [-0.2, 0) is 15.3 Å². The first-order valence-corrected chi connectivity index (χ1v) is 6.52. The summed E-state index contributed by atoms with van der Waals surface area (Å²) >= 11 is -1.59. The van der Waals surface area contributed by atoms with E-state index in [9.17, 15) is 8.60 Å². The van der Waals surface area contributed by atoms with Crippen LogP contribution in [0.15, 0.2) is 47.4 Å². The molecule has 2 aromatic carbocycles. The fourth-order valence-electron chi connectivity index (χ4n) is 1.77. The third-order valence-electron chi connectivity index (χ3n) is 2.63. The van der Waals surface area contributed by atoms with E-state index in [-0.39, 0.29) is 5.82 Å². The number of benzene rings is 2. The Hall–Kier alpha value is -1.52. The Bertz CT molecular complexity index is 596. The maximum absolute atomic E-state index is 13.8. The highest BCUT2D eigenvalue weighted by molar-refractivity contribution is 7.80. The van der Waals surface area contributed by atoms with Crippen molar-refractivity contribution in [3.05, 3.63) is 53.8 Å². The third-order valence-corrected chi connectivity index (χ3v) is 3.65. The maximum atomic E-state index is 13.8. The molecule has 0 N–H and O–H groups in total. The Kier molecular flexibility index (Phi) is 3.89. The van der Waals surface area contributed by atoms with E-state index < -0.39 is 11.1 Å². The first-order valence-electron chi connectivity index (χ1n) is 5.45. The van der Waals surface area contributed by atoms with Crippen molar-refractivity contribution in [1.29, 1.82) is 0 Å². The molecular formula is C14H13FO2S. The molecule has 0 heterocycles. The van der Waals surface area contributed by atoms with Gasteiger partial charge in [0.2, 0.25) is 0 Å². The van der Waals surface area contributed by atoms with Crippen molar-refractivity contribution in [3.63, 3.8) is 0 Å². The molecule has 2 nitrogen and oxygen atoms in total. The zero-order valence-corrected chi connectivity index (χ0v) is 11.0. The first kappa shape index (κ1) is 12.9. The van der Waals surface area contributed by atoms with E-state index in [1.54, 1.807) is 24.3 Å². The van der Waals surface area contributed by atoms with E-state index in [1.165, 1.54) is 13.2 Å². The van der Waals surface area contributed by atoms with E-state index in [0.717, 1.165) is 5.56 Å². The SMILES string of the molecule is COS(=O)c1ccc(C)cc1-c1ccccc1F. The van der Waals surface area contributed by atoms with E-state index in [0.29, 0.717) is 16.0 Å². The predicted molar refractivity (Wildman–Crippen MR) is 70.0 cm³/mol. The Morgan fingerprint density at radius 3 is 2.50 bits per heavy atom. The lowest BCUT2D eigenvalue weighted by Crippen LogP contribution is -1.98. The minimum atomic E-state index is -1.59. The molecule has 2 rings (SSSR count). The van der Waals surface area contributed by atoms with Crippen molar-refractivity contribution in [2.75, 3.05) is 7.11 Å². The molecule has 0 bridgehead atoms. The fourth-order valence-corrected chi connectivity index (χ4v) is 2.48. The number of hydrogen-bond acceptors (Lipinski definition) is 2. The second-order valence-electron chi connectivity index (χ2n) is 3.88. The van der Waals surface area contributed by atoms with Crippen LogP contribution in [0.5, 0.6) is 0 Å². The van der Waals surface area contributed by atoms with Crippen LogP contribution in [0.2, 0.25) is 0 Å². The second kappa shape index (κ2) is 5.42. The Morgan fingerprint density at radius 1 is 1.11 bits per heavy atom. The standard InChI is InChI=1S/C14H13FO2S/c1-10-7-8-14(18(16)17-2)12(9-10)11-5-3-4-6-13(11)15/h3-9H,1-2H3. The lowest BCUT2D eigenvalue weighted by Gasteiger charge is -2.10. The monoisotopic (exact) mass is 264 g/mol. The minimum Gasteiger partial charge on any atom is -0.290 e. The highest BCUT2D eigenvalue weighted by Crippen LogP contribution is 2.29. The molecule has 0 aliphatic heterocycles. The molecule has 0 saturated carbocycles. The predicted octanol–water partition coefficient (Wildman–Crippen LogP) is 3.47. The van der Waals surface area contributed by atoms with Gasteiger partial charge in [0.25, 0.3) is 0 Å². The topological polar surface area (TPSA) is 26.3 Å². The molecule has 94 valence electrons. The van der Waals surface area contributed by atoms with E-state index >= 15 is 0 Å². The second-order valence-corrected chi connectivity index (χ2v) is 5.12. The molecule has 2 aromatic rings. The first-order chi connectivity index (χ1) is 8.63. The molecule has 0 aliphatic rings. The highest BCUT2D eigenvalue weighted by atomic mass is 32.2. The van der Waals surface area contributed by atoms with Crippen LogP contribution in [0.4, 0.5) is 4.39 Å². The summed E-state index contributed by atoms with van der Waals surface area (Å²) in [6.07, 6.45) is 0. The summed E-state index contributed by atoms with van der Waals surface area (Å²) in [6, 6.07) is 11.8. The van der Waals surface area contributed by atoms with Crippen molar-refractivity contribution in [2.45, 2.75) is 11.8 Å². The smallest absolute Gasteiger partial charge is 0.189 e. The van der Waals surface area contributed by atoms with Crippen LogP contribution in [0.3, 0.4) is 0 Å². The molecule has 18 heavy (non-hydrogen) atoms. The molecule has 0 aliphatic carbocycles. The van der Waals surface area contributed by atoms with E-state index in [4.69, 9.17) is 4.18 Å². The highest BCUT2D eigenvalue weighted by Gasteiger charge is 2.14. The largest absolute Gasteiger partial charge is 0.290 e. The van der Waals surface area contributed by atoms with Gasteiger partial charge in [0.1, 0.15) is 5.82 Å². The van der Waals surface area contributed by atoms with Gasteiger partial charge in [-0.1, -0.05) is 35.9 Å². The summed E-state index contributed by atoms with van der Waals surface area (Å²) in [7, 11) is 1.36. The summed E-state index contributed by atoms with van der Waals surface area (Å²) in [6.45, 7) is 1.91. The normalized spacial score (nSPS) is 12.4. The van der Waals surface area contributed by atoms with Crippen molar-refractivity contribution < 1.29 is 12.8 Å². The summed E-state index contributed by atoms with van der Waals surface area (Å²) in [4.78, 5) is 0.480. The van der Waals surface area contributed by atoms with Gasteiger partial charge in [-0.15, -0.1) is 0 Å². The van der Waals surface area contributed by atoms with Crippen LogP contribution >= 0.6 is 0 Å². The zero-order chi connectivity index (χ0) is 13.1. The van der Waals surface area contributed by atoms with Crippen molar-refractivity contribution >= 4 is 11.1 Å². The maximum Gasteiger partial charge on any atom is 0.189 e. The van der Waals surface area contributed by atoms with Gasteiger partial charge in [-0.3, -0.25) is 4.18 Å². The molecule has 0 saturated heterocycles. The molecular weight excluding hydrogens is 251 g/mol. The van der Waals surface area contributed by atoms with E-state index in [1.807, 2.05) is 19.1 Å². The van der Waals surface area contributed by atoms with Crippen LogP contribution in [0.25, 0.3) is 11.1 Å². The number of aryl methyl sites for hydroxylation is 1. The molecule has 0 fully saturated rings. The van der Waals surface area contributed by atoms with Gasteiger partial charge in [0.05, 0.1) is 12.0 Å². The molecule has 1 atom stereocenters. The third kappa shape index (κ3) is 2.49. The van der Waals surface area contributed by atoms with E-state index in [2.05, 4.69) is 0 Å². The molecule has 0 radical (unpaired) electrons. The summed E-state index contributed by atoms with van der Waals surface area (Å²) in [5.74, 6) is -0.336. The van der Waals surface area contributed by atoms with Crippen molar-refractivity contribution in [3.8, 4) is 11.1 Å². The van der Waals surface area contributed by atoms with Gasteiger partial charge < -0.3 is 0 Å². The number of rotatable bonds is 3. The molecule has 0 spiro atoms. The number of hydrogen-bond donors (Lipinski definition) is 0. The Balaban J connectivity index is 2.66. The lowest BCUT2D eigenvalue weighted by atomic mass is 10.0. The van der Waals surface area contributed by atoms with Gasteiger partial charge in [-0.2, -0.15) is 0 Å². The molecule has 1 unspecified atom stereocenters. The van der Waals surface area contributed by atoms with Crippen LogP contribution in [0, 0.1) is 12.7 Å². The molecule has 4 heteroatoms. The van der Waals surface area contributed by atoms with Crippen LogP contribution < -0.4 is 0 Å². The van der Waals surface area contributed by atoms with Crippen LogP contribution in [0.1, 0.15) is 5.56 Å². The Morgan fingerprint density at radius 2 is 1.83 bits per heavy atom. The summed E-state index contributed by atoms with van der Waals surface area (Å²) < 4.78 is 30.4. The minimum absolute atomic E-state index is 0.336. The fraction of sp³-hybridized carbons (Fsp3) is 0.143. The summed E-state index contributed by atoms with van der Waals surface area (Å²) in [5.41, 5.74) is 2.01. The van der Waals surface area contributed by atoms with Crippen LogP contribution in [-0.4, -0.2) is 11.3 Å². The Labute approximate surface area is 108 Å². The molecule has 0 amide bonds. The van der Waals surface area contributed by atoms with Gasteiger partial charge in [-0.25, -0.2) is 8.60 Å². The van der Waals surface area contributed by atoms with Gasteiger partial charge in [0.15, 0.2) is 11.1 Å². The summed E-state index contributed by atoms with van der Waals surface area (Å²) in [5, 5.41) is 0. The quantitative estimate of drug-likeness (QED) is 0.848. The average Bonchev–Trinajstić information content (AvgIpc) is 2.38. The molecule has 0 aromatic heterocycles. The van der Waals surface area contributed by atoms with Crippen molar-refractivity contribution in [2.24, 2.45) is 0 Å². The lowest BCUT2D eigenvalue weighted by molar-refractivity contribution is 0.446. The van der Waals surface area contributed by atoms with Crippen molar-refractivity contribution in [1.82, 2.24) is 0 Å². The van der Waals surface area contributed by atoms with Gasteiger partial charge in [-0.05, 0) is 19.1 Å². The number of halogens is 1. The van der Waals surface area contributed by atoms with Gasteiger partial charge >= 0.3 is 0 Å².